The number of amides is 2. The molecule has 5 nitrogen and oxygen atoms in total. The molecule has 0 saturated carbocycles. The lowest BCUT2D eigenvalue weighted by Crippen LogP contribution is -2.40. The van der Waals surface area contributed by atoms with Crippen molar-refractivity contribution in [1.29, 1.82) is 0 Å². The van der Waals surface area contributed by atoms with Gasteiger partial charge in [-0.1, -0.05) is 41.4 Å². The van der Waals surface area contributed by atoms with Gasteiger partial charge in [-0.2, -0.15) is 0 Å². The lowest BCUT2D eigenvalue weighted by molar-refractivity contribution is -0.129. The summed E-state index contributed by atoms with van der Waals surface area (Å²) in [5.74, 6) is 0.127. The number of piperidine rings is 1. The van der Waals surface area contributed by atoms with E-state index in [1.165, 1.54) is 0 Å². The zero-order valence-corrected chi connectivity index (χ0v) is 19.7. The second-order valence-electron chi connectivity index (χ2n) is 8.73. The molecule has 2 heterocycles. The topological polar surface area (TPSA) is 52.7 Å². The molecule has 0 radical (unpaired) electrons. The largest absolute Gasteiger partial charge is 0.342 e. The van der Waals surface area contributed by atoms with Gasteiger partial charge in [0.15, 0.2) is 0 Å². The van der Waals surface area contributed by atoms with Gasteiger partial charge in [-0.05, 0) is 62.1 Å². The Labute approximate surface area is 199 Å². The quantitative estimate of drug-likeness (QED) is 0.641. The molecule has 4 rings (SSSR count). The summed E-state index contributed by atoms with van der Waals surface area (Å²) in [7, 11) is 0. The Kier molecular flexibility index (Phi) is 7.71. The highest BCUT2D eigenvalue weighted by atomic mass is 35.5. The van der Waals surface area contributed by atoms with Crippen LogP contribution in [0.5, 0.6) is 0 Å². The maximum Gasteiger partial charge on any atom is 0.228 e. The molecule has 170 valence electrons. The van der Waals surface area contributed by atoms with E-state index in [1.807, 2.05) is 47.4 Å². The van der Waals surface area contributed by atoms with Crippen LogP contribution >= 0.6 is 23.2 Å². The number of nitrogens with one attached hydrogen (secondary N) is 1. The van der Waals surface area contributed by atoms with Gasteiger partial charge in [0, 0.05) is 47.5 Å². The number of hydrogen-bond acceptors (Lipinski definition) is 3. The first-order valence-electron chi connectivity index (χ1n) is 11.3. The summed E-state index contributed by atoms with van der Waals surface area (Å²) in [6.07, 6.45) is 4.43. The SMILES string of the molecule is O=C(Nc1ccc(CC(=O)N2CCCC2)cc1)C1CCCN(Cc2c(Cl)cccc2Cl)C1. The van der Waals surface area contributed by atoms with E-state index in [9.17, 15) is 9.59 Å². The Hall–Kier alpha value is -2.08. The molecular formula is C25H29Cl2N3O2. The summed E-state index contributed by atoms with van der Waals surface area (Å²) in [6.45, 7) is 3.98. The molecule has 0 aromatic heterocycles. The lowest BCUT2D eigenvalue weighted by atomic mass is 9.96. The van der Waals surface area contributed by atoms with Gasteiger partial charge in [0.2, 0.25) is 11.8 Å². The molecule has 1 unspecified atom stereocenters. The van der Waals surface area contributed by atoms with Gasteiger partial charge < -0.3 is 10.2 Å². The summed E-state index contributed by atoms with van der Waals surface area (Å²) in [5, 5.41) is 4.36. The average molecular weight is 474 g/mol. The molecule has 32 heavy (non-hydrogen) atoms. The van der Waals surface area contributed by atoms with E-state index in [-0.39, 0.29) is 17.7 Å². The molecule has 2 aliphatic rings. The van der Waals surface area contributed by atoms with Crippen LogP contribution in [0.15, 0.2) is 42.5 Å². The van der Waals surface area contributed by atoms with Crippen LogP contribution in [0.3, 0.4) is 0 Å². The van der Waals surface area contributed by atoms with Crippen molar-refractivity contribution in [3.05, 3.63) is 63.6 Å². The van der Waals surface area contributed by atoms with Crippen molar-refractivity contribution in [2.45, 2.75) is 38.6 Å². The highest BCUT2D eigenvalue weighted by Crippen LogP contribution is 2.28. The van der Waals surface area contributed by atoms with Crippen LogP contribution in [0, 0.1) is 5.92 Å². The Morgan fingerprint density at radius 3 is 2.31 bits per heavy atom. The van der Waals surface area contributed by atoms with Crippen molar-refractivity contribution in [3.63, 3.8) is 0 Å². The van der Waals surface area contributed by atoms with E-state index in [2.05, 4.69) is 10.2 Å². The van der Waals surface area contributed by atoms with E-state index >= 15 is 0 Å². The molecule has 0 aliphatic carbocycles. The fraction of sp³-hybridized carbons (Fsp3) is 0.440. The fourth-order valence-corrected chi connectivity index (χ4v) is 5.04. The standard InChI is InChI=1S/C25H29Cl2N3O2/c26-22-6-3-7-23(27)21(22)17-29-12-4-5-19(16-29)25(32)28-20-10-8-18(9-11-20)15-24(31)30-13-1-2-14-30/h3,6-11,19H,1-2,4-5,12-17H2,(H,28,32). The summed E-state index contributed by atoms with van der Waals surface area (Å²) in [6, 6.07) is 13.2. The number of likely N-dealkylation sites (tertiary alicyclic amines) is 2. The van der Waals surface area contributed by atoms with Crippen LogP contribution in [0.1, 0.15) is 36.8 Å². The second kappa shape index (κ2) is 10.7. The number of anilines is 1. The molecule has 2 aromatic carbocycles. The third kappa shape index (κ3) is 5.83. The monoisotopic (exact) mass is 473 g/mol. The molecule has 1 atom stereocenters. The molecule has 1 N–H and O–H groups in total. The number of hydrogen-bond donors (Lipinski definition) is 1. The molecule has 2 amide bonds. The van der Waals surface area contributed by atoms with Crippen LogP contribution < -0.4 is 5.32 Å². The molecule has 0 bridgehead atoms. The van der Waals surface area contributed by atoms with Gasteiger partial charge in [-0.15, -0.1) is 0 Å². The second-order valence-corrected chi connectivity index (χ2v) is 9.54. The average Bonchev–Trinajstić information content (AvgIpc) is 3.33. The van der Waals surface area contributed by atoms with Gasteiger partial charge >= 0.3 is 0 Å². The molecular weight excluding hydrogens is 445 g/mol. The van der Waals surface area contributed by atoms with E-state index in [1.54, 1.807) is 0 Å². The van der Waals surface area contributed by atoms with Crippen LogP contribution in [0.25, 0.3) is 0 Å². The number of benzene rings is 2. The Bertz CT molecular complexity index is 938. The van der Waals surface area contributed by atoms with Gasteiger partial charge in [0.05, 0.1) is 12.3 Å². The first-order valence-corrected chi connectivity index (χ1v) is 12.1. The summed E-state index contributed by atoms with van der Waals surface area (Å²) in [5.41, 5.74) is 2.65. The Morgan fingerprint density at radius 2 is 1.62 bits per heavy atom. The zero-order valence-electron chi connectivity index (χ0n) is 18.2. The smallest absolute Gasteiger partial charge is 0.228 e. The van der Waals surface area contributed by atoms with Crippen molar-refractivity contribution in [2.75, 3.05) is 31.5 Å². The van der Waals surface area contributed by atoms with Crippen molar-refractivity contribution in [1.82, 2.24) is 9.80 Å². The number of nitrogens with zero attached hydrogens (tertiary/aromatic N) is 2. The maximum absolute atomic E-state index is 12.9. The van der Waals surface area contributed by atoms with Crippen LogP contribution in [0.2, 0.25) is 10.0 Å². The molecule has 2 saturated heterocycles. The van der Waals surface area contributed by atoms with Gasteiger partial charge in [-0.25, -0.2) is 0 Å². The number of carbonyl (C=O) groups excluding carboxylic acids is 2. The van der Waals surface area contributed by atoms with Gasteiger partial charge in [-0.3, -0.25) is 14.5 Å². The van der Waals surface area contributed by atoms with Crippen molar-refractivity contribution < 1.29 is 9.59 Å². The summed E-state index contributed by atoms with van der Waals surface area (Å²) < 4.78 is 0. The predicted molar refractivity (Wildman–Crippen MR) is 129 cm³/mol. The molecule has 7 heteroatoms. The van der Waals surface area contributed by atoms with Crippen molar-refractivity contribution in [2.24, 2.45) is 5.92 Å². The molecule has 2 aromatic rings. The minimum Gasteiger partial charge on any atom is -0.342 e. The van der Waals surface area contributed by atoms with E-state index in [4.69, 9.17) is 23.2 Å². The number of carbonyl (C=O) groups is 2. The Balaban J connectivity index is 1.30. The number of halogens is 2. The predicted octanol–water partition coefficient (Wildman–Crippen LogP) is 5.01. The summed E-state index contributed by atoms with van der Waals surface area (Å²) >= 11 is 12.6. The van der Waals surface area contributed by atoms with Crippen LogP contribution in [-0.4, -0.2) is 47.8 Å². The normalized spacial score (nSPS) is 19.2. The van der Waals surface area contributed by atoms with E-state index in [0.29, 0.717) is 29.6 Å². The highest BCUT2D eigenvalue weighted by molar-refractivity contribution is 6.35. The third-order valence-corrected chi connectivity index (χ3v) is 7.06. The molecule has 2 aliphatic heterocycles. The highest BCUT2D eigenvalue weighted by Gasteiger charge is 2.27. The number of rotatable bonds is 6. The van der Waals surface area contributed by atoms with Gasteiger partial charge in [0.25, 0.3) is 0 Å². The lowest BCUT2D eigenvalue weighted by Gasteiger charge is -2.32. The van der Waals surface area contributed by atoms with E-state index < -0.39 is 0 Å². The van der Waals surface area contributed by atoms with Crippen molar-refractivity contribution in [3.8, 4) is 0 Å². The maximum atomic E-state index is 12.9. The summed E-state index contributed by atoms with van der Waals surface area (Å²) in [4.78, 5) is 29.4. The van der Waals surface area contributed by atoms with Gasteiger partial charge in [0.1, 0.15) is 0 Å². The molecule has 2 fully saturated rings. The van der Waals surface area contributed by atoms with E-state index in [0.717, 1.165) is 62.1 Å². The molecule has 0 spiro atoms. The van der Waals surface area contributed by atoms with Crippen LogP contribution in [0.4, 0.5) is 5.69 Å². The first-order chi connectivity index (χ1) is 15.5. The third-order valence-electron chi connectivity index (χ3n) is 6.36. The minimum atomic E-state index is -0.0820. The Morgan fingerprint density at radius 1 is 0.938 bits per heavy atom. The van der Waals surface area contributed by atoms with Crippen LogP contribution in [-0.2, 0) is 22.6 Å². The minimum absolute atomic E-state index is 0.0286. The van der Waals surface area contributed by atoms with Crippen molar-refractivity contribution >= 4 is 40.7 Å². The first kappa shape index (κ1) is 23.1. The fourth-order valence-electron chi connectivity index (χ4n) is 4.52. The zero-order chi connectivity index (χ0) is 22.5.